The van der Waals surface area contributed by atoms with Crippen LogP contribution in [0.4, 0.5) is 0 Å². The van der Waals surface area contributed by atoms with Gasteiger partial charge in [-0.15, -0.1) is 24.0 Å². The Morgan fingerprint density at radius 1 is 1.26 bits per heavy atom. The fourth-order valence-corrected chi connectivity index (χ4v) is 4.88. The summed E-state index contributed by atoms with van der Waals surface area (Å²) in [4.78, 5) is 6.62. The fourth-order valence-electron chi connectivity index (χ4n) is 3.92. The van der Waals surface area contributed by atoms with E-state index < -0.39 is 10.0 Å². The van der Waals surface area contributed by atoms with Crippen molar-refractivity contribution in [2.45, 2.75) is 44.2 Å². The highest BCUT2D eigenvalue weighted by Gasteiger charge is 2.25. The lowest BCUT2D eigenvalue weighted by Gasteiger charge is -2.26. The van der Waals surface area contributed by atoms with Gasteiger partial charge in [0.2, 0.25) is 10.0 Å². The van der Waals surface area contributed by atoms with Crippen LogP contribution in [0.15, 0.2) is 27.8 Å². The first-order valence-electron chi connectivity index (χ1n) is 10.9. The van der Waals surface area contributed by atoms with Crippen LogP contribution < -0.4 is 15.4 Å². The van der Waals surface area contributed by atoms with Gasteiger partial charge in [-0.05, 0) is 57.3 Å². The van der Waals surface area contributed by atoms with Gasteiger partial charge >= 0.3 is 0 Å². The van der Waals surface area contributed by atoms with E-state index in [4.69, 9.17) is 9.15 Å². The summed E-state index contributed by atoms with van der Waals surface area (Å²) in [5, 5.41) is 6.40. The lowest BCUT2D eigenvalue weighted by Crippen LogP contribution is -2.45. The van der Waals surface area contributed by atoms with Gasteiger partial charge in [0.25, 0.3) is 0 Å². The minimum Gasteiger partial charge on any atom is -0.468 e. The molecule has 2 unspecified atom stereocenters. The summed E-state index contributed by atoms with van der Waals surface area (Å²) in [5.74, 6) is 1.49. The fraction of sp³-hybridized carbons (Fsp3) is 0.750. The molecule has 1 aromatic rings. The van der Waals surface area contributed by atoms with Crippen molar-refractivity contribution in [3.63, 3.8) is 0 Å². The highest BCUT2D eigenvalue weighted by atomic mass is 127. The van der Waals surface area contributed by atoms with Gasteiger partial charge in [0.15, 0.2) is 5.96 Å². The molecule has 2 aliphatic heterocycles. The molecular formula is C20H36IN5O4S. The third kappa shape index (κ3) is 8.87. The molecule has 0 aliphatic carbocycles. The van der Waals surface area contributed by atoms with E-state index in [-0.39, 0.29) is 48.4 Å². The van der Waals surface area contributed by atoms with Crippen LogP contribution in [-0.4, -0.2) is 77.5 Å². The monoisotopic (exact) mass is 569 g/mol. The van der Waals surface area contributed by atoms with E-state index in [9.17, 15) is 8.42 Å². The molecule has 2 saturated heterocycles. The van der Waals surface area contributed by atoms with E-state index in [0.717, 1.165) is 38.1 Å². The van der Waals surface area contributed by atoms with Crippen molar-refractivity contribution >= 4 is 40.0 Å². The molecule has 1 aromatic heterocycles. The summed E-state index contributed by atoms with van der Waals surface area (Å²) in [6.07, 6.45) is 7.12. The van der Waals surface area contributed by atoms with Crippen molar-refractivity contribution in [2.75, 3.05) is 52.1 Å². The summed E-state index contributed by atoms with van der Waals surface area (Å²) in [6, 6.07) is 4.03. The molecule has 11 heteroatoms. The highest BCUT2D eigenvalue weighted by Crippen LogP contribution is 2.24. The summed E-state index contributed by atoms with van der Waals surface area (Å²) >= 11 is 0. The maximum absolute atomic E-state index is 12.3. The predicted molar refractivity (Wildman–Crippen MR) is 132 cm³/mol. The molecular weight excluding hydrogens is 533 g/mol. The van der Waals surface area contributed by atoms with Crippen LogP contribution in [0.25, 0.3) is 0 Å². The third-order valence-electron chi connectivity index (χ3n) is 5.61. The molecule has 2 fully saturated rings. The number of ether oxygens (including phenoxy) is 1. The average molecular weight is 570 g/mol. The van der Waals surface area contributed by atoms with Crippen molar-refractivity contribution in [3.05, 3.63) is 24.2 Å². The van der Waals surface area contributed by atoms with Crippen LogP contribution in [-0.2, 0) is 14.8 Å². The smallest absolute Gasteiger partial charge is 0.213 e. The van der Waals surface area contributed by atoms with E-state index >= 15 is 0 Å². The van der Waals surface area contributed by atoms with E-state index in [1.54, 1.807) is 13.3 Å². The standard InChI is InChI=1S/C20H35N5O4S.HI/c1-21-20(22-9-14-30(26,27)24-15-17-7-2-5-12-28-17)23-16-18(19-8-6-13-29-19)25-10-3-4-11-25;/h6,8,13,17-18,24H,2-5,7,9-12,14-16H2,1H3,(H2,21,22,23);1H. The lowest BCUT2D eigenvalue weighted by molar-refractivity contribution is 0.0200. The average Bonchev–Trinajstić information content (AvgIpc) is 3.47. The second-order valence-electron chi connectivity index (χ2n) is 7.81. The van der Waals surface area contributed by atoms with Crippen LogP contribution in [0.1, 0.15) is 43.9 Å². The van der Waals surface area contributed by atoms with Gasteiger partial charge < -0.3 is 19.8 Å². The number of sulfonamides is 1. The molecule has 0 radical (unpaired) electrons. The van der Waals surface area contributed by atoms with Gasteiger partial charge in [-0.3, -0.25) is 9.89 Å². The van der Waals surface area contributed by atoms with E-state index in [1.807, 2.05) is 12.1 Å². The zero-order valence-electron chi connectivity index (χ0n) is 18.2. The van der Waals surface area contributed by atoms with Crippen molar-refractivity contribution in [1.82, 2.24) is 20.3 Å². The van der Waals surface area contributed by atoms with E-state index in [1.165, 1.54) is 12.8 Å². The zero-order chi connectivity index (χ0) is 21.2. The Kier molecular flexibility index (Phi) is 11.6. The third-order valence-corrected chi connectivity index (χ3v) is 6.96. The number of aliphatic imine (C=N–C) groups is 1. The van der Waals surface area contributed by atoms with Crippen LogP contribution in [0.3, 0.4) is 0 Å². The second-order valence-corrected chi connectivity index (χ2v) is 9.74. The minimum absolute atomic E-state index is 0. The molecule has 0 spiro atoms. The number of rotatable bonds is 10. The van der Waals surface area contributed by atoms with Crippen molar-refractivity contribution in [2.24, 2.45) is 4.99 Å². The molecule has 0 saturated carbocycles. The first-order chi connectivity index (χ1) is 14.6. The Balaban J connectivity index is 0.00000341. The molecule has 3 heterocycles. The summed E-state index contributed by atoms with van der Waals surface area (Å²) in [6.45, 7) is 4.07. The number of furan rings is 1. The summed E-state index contributed by atoms with van der Waals surface area (Å²) < 4.78 is 38.4. The van der Waals surface area contributed by atoms with Crippen LogP contribution >= 0.6 is 24.0 Å². The zero-order valence-corrected chi connectivity index (χ0v) is 21.4. The molecule has 178 valence electrons. The number of guanidine groups is 1. The molecule has 0 amide bonds. The van der Waals surface area contributed by atoms with Gasteiger partial charge in [-0.1, -0.05) is 0 Å². The number of nitrogens with one attached hydrogen (secondary N) is 3. The Hall–Kier alpha value is -0.890. The molecule has 9 nitrogen and oxygen atoms in total. The van der Waals surface area contributed by atoms with Crippen molar-refractivity contribution < 1.29 is 17.6 Å². The van der Waals surface area contributed by atoms with Gasteiger partial charge in [-0.25, -0.2) is 13.1 Å². The van der Waals surface area contributed by atoms with E-state index in [0.29, 0.717) is 25.7 Å². The quantitative estimate of drug-likeness (QED) is 0.224. The number of hydrogen-bond acceptors (Lipinski definition) is 6. The largest absolute Gasteiger partial charge is 0.468 e. The summed E-state index contributed by atoms with van der Waals surface area (Å²) in [5.41, 5.74) is 0. The number of halogens is 1. The van der Waals surface area contributed by atoms with Crippen LogP contribution in [0.2, 0.25) is 0 Å². The predicted octanol–water partition coefficient (Wildman–Crippen LogP) is 1.69. The van der Waals surface area contributed by atoms with Gasteiger partial charge in [0.05, 0.1) is 24.2 Å². The van der Waals surface area contributed by atoms with Gasteiger partial charge in [0.1, 0.15) is 5.76 Å². The molecule has 3 rings (SSSR count). The number of hydrogen-bond donors (Lipinski definition) is 3. The van der Waals surface area contributed by atoms with Gasteiger partial charge in [0, 0.05) is 33.3 Å². The Morgan fingerprint density at radius 3 is 2.71 bits per heavy atom. The molecule has 0 bridgehead atoms. The molecule has 2 aliphatic rings. The second kappa shape index (κ2) is 13.6. The van der Waals surface area contributed by atoms with E-state index in [2.05, 4.69) is 25.2 Å². The SMILES string of the molecule is CN=C(NCCS(=O)(=O)NCC1CCCCO1)NCC(c1ccco1)N1CCCC1.I. The topological polar surface area (TPSA) is 108 Å². The minimum atomic E-state index is -3.36. The highest BCUT2D eigenvalue weighted by molar-refractivity contribution is 14.0. The van der Waals surface area contributed by atoms with Crippen LogP contribution in [0.5, 0.6) is 0 Å². The van der Waals surface area contributed by atoms with Gasteiger partial charge in [-0.2, -0.15) is 0 Å². The first kappa shape index (κ1) is 26.4. The molecule has 0 aromatic carbocycles. The maximum Gasteiger partial charge on any atom is 0.213 e. The van der Waals surface area contributed by atoms with Crippen LogP contribution in [0, 0.1) is 0 Å². The Morgan fingerprint density at radius 2 is 2.06 bits per heavy atom. The summed E-state index contributed by atoms with van der Waals surface area (Å²) in [7, 11) is -1.68. The number of likely N-dealkylation sites (tertiary alicyclic amines) is 1. The normalized spacial score (nSPS) is 21.5. The first-order valence-corrected chi connectivity index (χ1v) is 12.5. The Labute approximate surface area is 202 Å². The van der Waals surface area contributed by atoms with Crippen molar-refractivity contribution in [3.8, 4) is 0 Å². The molecule has 2 atom stereocenters. The number of nitrogens with zero attached hydrogens (tertiary/aromatic N) is 2. The molecule has 31 heavy (non-hydrogen) atoms. The maximum atomic E-state index is 12.3. The molecule has 3 N–H and O–H groups in total. The van der Waals surface area contributed by atoms with Crippen molar-refractivity contribution in [1.29, 1.82) is 0 Å². The lowest BCUT2D eigenvalue weighted by atomic mass is 10.1. The Bertz CT molecular complexity index is 748.